The molecule has 2 heterocycles. The lowest BCUT2D eigenvalue weighted by Gasteiger charge is -2.24. The minimum absolute atomic E-state index is 0.254. The highest BCUT2D eigenvalue weighted by Gasteiger charge is 2.34. The molecule has 0 saturated carbocycles. The van der Waals surface area contributed by atoms with Gasteiger partial charge in [-0.1, -0.05) is 6.92 Å². The van der Waals surface area contributed by atoms with E-state index in [1.165, 1.54) is 6.42 Å². The molecule has 0 aliphatic carbocycles. The van der Waals surface area contributed by atoms with Gasteiger partial charge < -0.3 is 9.84 Å². The number of nitrogens with zero attached hydrogens (tertiary/aromatic N) is 1. The zero-order valence-corrected chi connectivity index (χ0v) is 7.57. The highest BCUT2D eigenvalue weighted by molar-refractivity contribution is 4.87. The summed E-state index contributed by atoms with van der Waals surface area (Å²) in [6, 6.07) is 0.273. The van der Waals surface area contributed by atoms with Gasteiger partial charge in [-0.3, -0.25) is 4.90 Å². The summed E-state index contributed by atoms with van der Waals surface area (Å²) in [5.41, 5.74) is 0. The van der Waals surface area contributed by atoms with E-state index in [0.717, 1.165) is 19.0 Å². The summed E-state index contributed by atoms with van der Waals surface area (Å²) in [6.07, 6.45) is 1.01. The number of aliphatic hydroxyl groups is 1. The Kier molecular flexibility index (Phi) is 2.35. The topological polar surface area (TPSA) is 32.7 Å². The van der Waals surface area contributed by atoms with Gasteiger partial charge >= 0.3 is 0 Å². The molecule has 3 unspecified atom stereocenters. The van der Waals surface area contributed by atoms with Crippen LogP contribution in [0.1, 0.15) is 13.3 Å². The zero-order chi connectivity index (χ0) is 8.55. The fourth-order valence-corrected chi connectivity index (χ4v) is 2.15. The summed E-state index contributed by atoms with van der Waals surface area (Å²) in [7, 11) is 0. The van der Waals surface area contributed by atoms with Crippen molar-refractivity contribution in [2.24, 2.45) is 5.92 Å². The molecule has 2 aliphatic rings. The lowest BCUT2D eigenvalue weighted by atomic mass is 10.1. The Labute approximate surface area is 73.3 Å². The second-order valence-corrected chi connectivity index (χ2v) is 4.06. The quantitative estimate of drug-likeness (QED) is 0.607. The van der Waals surface area contributed by atoms with Crippen LogP contribution in [0, 0.1) is 5.92 Å². The molecule has 0 aromatic heterocycles. The van der Waals surface area contributed by atoms with Crippen LogP contribution >= 0.6 is 0 Å². The molecule has 3 atom stereocenters. The molecule has 0 aromatic carbocycles. The van der Waals surface area contributed by atoms with Crippen LogP contribution in [-0.4, -0.2) is 48.5 Å². The molecule has 0 aromatic rings. The molecule has 3 heteroatoms. The van der Waals surface area contributed by atoms with E-state index in [1.807, 2.05) is 0 Å². The Morgan fingerprint density at radius 1 is 1.42 bits per heavy atom. The smallest absolute Gasteiger partial charge is 0.0950 e. The molecule has 12 heavy (non-hydrogen) atoms. The van der Waals surface area contributed by atoms with Crippen molar-refractivity contribution in [2.75, 3.05) is 26.3 Å². The molecular weight excluding hydrogens is 154 g/mol. The van der Waals surface area contributed by atoms with Crippen molar-refractivity contribution in [3.63, 3.8) is 0 Å². The fraction of sp³-hybridized carbons (Fsp3) is 1.00. The summed E-state index contributed by atoms with van der Waals surface area (Å²) in [6.45, 7) is 5.77. The van der Waals surface area contributed by atoms with E-state index in [2.05, 4.69) is 11.8 Å². The predicted octanol–water partition coefficient (Wildman–Crippen LogP) is 0.0879. The second kappa shape index (κ2) is 3.32. The Morgan fingerprint density at radius 3 is 2.75 bits per heavy atom. The van der Waals surface area contributed by atoms with E-state index in [9.17, 15) is 5.11 Å². The highest BCUT2D eigenvalue weighted by Crippen LogP contribution is 2.22. The van der Waals surface area contributed by atoms with E-state index in [-0.39, 0.29) is 12.1 Å². The van der Waals surface area contributed by atoms with Crippen molar-refractivity contribution in [3.05, 3.63) is 0 Å². The maximum atomic E-state index is 9.57. The minimum atomic E-state index is -0.254. The maximum absolute atomic E-state index is 9.57. The lowest BCUT2D eigenvalue weighted by molar-refractivity contribution is 0.0933. The van der Waals surface area contributed by atoms with Crippen LogP contribution < -0.4 is 0 Å². The maximum Gasteiger partial charge on any atom is 0.0950 e. The number of hydrogen-bond acceptors (Lipinski definition) is 3. The van der Waals surface area contributed by atoms with E-state index in [1.54, 1.807) is 0 Å². The summed E-state index contributed by atoms with van der Waals surface area (Å²) >= 11 is 0. The molecule has 2 saturated heterocycles. The molecular formula is C9H17NO2. The minimum Gasteiger partial charge on any atom is -0.389 e. The van der Waals surface area contributed by atoms with Gasteiger partial charge in [0, 0.05) is 6.54 Å². The van der Waals surface area contributed by atoms with Gasteiger partial charge in [0.05, 0.1) is 25.4 Å². The van der Waals surface area contributed by atoms with Gasteiger partial charge in [-0.25, -0.2) is 0 Å². The van der Waals surface area contributed by atoms with Gasteiger partial charge in [0.1, 0.15) is 0 Å². The Hall–Kier alpha value is -0.120. The van der Waals surface area contributed by atoms with Gasteiger partial charge in [-0.15, -0.1) is 0 Å². The van der Waals surface area contributed by atoms with Crippen molar-refractivity contribution >= 4 is 0 Å². The fourth-order valence-electron chi connectivity index (χ4n) is 2.15. The number of ether oxygens (including phenoxy) is 1. The SMILES string of the molecule is CC1CCN(C2COCC2O)C1. The van der Waals surface area contributed by atoms with E-state index in [4.69, 9.17) is 4.74 Å². The van der Waals surface area contributed by atoms with E-state index in [0.29, 0.717) is 13.2 Å². The molecule has 2 aliphatic heterocycles. The molecule has 3 nitrogen and oxygen atoms in total. The van der Waals surface area contributed by atoms with E-state index >= 15 is 0 Å². The van der Waals surface area contributed by atoms with Gasteiger partial charge in [0.25, 0.3) is 0 Å². The molecule has 2 rings (SSSR count). The first-order chi connectivity index (χ1) is 5.77. The van der Waals surface area contributed by atoms with Crippen molar-refractivity contribution in [2.45, 2.75) is 25.5 Å². The first-order valence-corrected chi connectivity index (χ1v) is 4.77. The van der Waals surface area contributed by atoms with Gasteiger partial charge in [0.15, 0.2) is 0 Å². The van der Waals surface area contributed by atoms with Gasteiger partial charge in [-0.05, 0) is 18.9 Å². The third kappa shape index (κ3) is 1.49. The van der Waals surface area contributed by atoms with Crippen LogP contribution in [0.25, 0.3) is 0 Å². The van der Waals surface area contributed by atoms with Crippen LogP contribution in [0.3, 0.4) is 0 Å². The van der Waals surface area contributed by atoms with Crippen molar-refractivity contribution in [1.82, 2.24) is 4.90 Å². The number of aliphatic hydroxyl groups excluding tert-OH is 1. The zero-order valence-electron chi connectivity index (χ0n) is 7.57. The lowest BCUT2D eigenvalue weighted by Crippen LogP contribution is -2.41. The third-order valence-corrected chi connectivity index (χ3v) is 2.95. The highest BCUT2D eigenvalue weighted by atomic mass is 16.5. The Bertz CT molecular complexity index is 163. The molecule has 0 bridgehead atoms. The molecule has 0 amide bonds. The van der Waals surface area contributed by atoms with Crippen molar-refractivity contribution < 1.29 is 9.84 Å². The van der Waals surface area contributed by atoms with Crippen LogP contribution in [0.15, 0.2) is 0 Å². The third-order valence-electron chi connectivity index (χ3n) is 2.95. The molecule has 0 radical (unpaired) electrons. The largest absolute Gasteiger partial charge is 0.389 e. The number of hydrogen-bond donors (Lipinski definition) is 1. The molecule has 0 spiro atoms. The van der Waals surface area contributed by atoms with Crippen molar-refractivity contribution in [3.8, 4) is 0 Å². The predicted molar refractivity (Wildman–Crippen MR) is 46.0 cm³/mol. The van der Waals surface area contributed by atoms with Gasteiger partial charge in [0.2, 0.25) is 0 Å². The van der Waals surface area contributed by atoms with Gasteiger partial charge in [-0.2, -0.15) is 0 Å². The molecule has 2 fully saturated rings. The second-order valence-electron chi connectivity index (χ2n) is 4.06. The average Bonchev–Trinajstić information content (AvgIpc) is 2.58. The number of likely N-dealkylation sites (tertiary alicyclic amines) is 1. The first-order valence-electron chi connectivity index (χ1n) is 4.77. The number of rotatable bonds is 1. The van der Waals surface area contributed by atoms with Crippen molar-refractivity contribution in [1.29, 1.82) is 0 Å². The Morgan fingerprint density at radius 2 is 2.25 bits per heavy atom. The molecule has 70 valence electrons. The normalized spacial score (nSPS) is 44.0. The Balaban J connectivity index is 1.91. The summed E-state index contributed by atoms with van der Waals surface area (Å²) in [5, 5.41) is 9.57. The standard InChI is InChI=1S/C9H17NO2/c1-7-2-3-10(4-7)8-5-12-6-9(8)11/h7-9,11H,2-6H2,1H3. The van der Waals surface area contributed by atoms with Crippen LogP contribution in [-0.2, 0) is 4.74 Å². The van der Waals surface area contributed by atoms with E-state index < -0.39 is 0 Å². The monoisotopic (exact) mass is 171 g/mol. The summed E-state index contributed by atoms with van der Waals surface area (Å²) in [5.74, 6) is 0.790. The van der Waals surface area contributed by atoms with Crippen LogP contribution in [0.4, 0.5) is 0 Å². The summed E-state index contributed by atoms with van der Waals surface area (Å²) in [4.78, 5) is 2.36. The van der Waals surface area contributed by atoms with Crippen LogP contribution in [0.5, 0.6) is 0 Å². The average molecular weight is 171 g/mol. The summed E-state index contributed by atoms with van der Waals surface area (Å²) < 4.78 is 5.23. The van der Waals surface area contributed by atoms with Crippen LogP contribution in [0.2, 0.25) is 0 Å². The first kappa shape index (κ1) is 8.48. The molecule has 1 N–H and O–H groups in total.